The Morgan fingerprint density at radius 2 is 2.42 bits per heavy atom. The Bertz CT molecular complexity index is 396. The third-order valence-corrected chi connectivity index (χ3v) is 3.22. The highest BCUT2D eigenvalue weighted by Gasteiger charge is 2.08. The van der Waals surface area contributed by atoms with Crippen molar-refractivity contribution in [3.8, 4) is 10.6 Å². The normalized spacial score (nSPS) is 10.4. The molecule has 0 aliphatic heterocycles. The molecule has 5 heteroatoms. The SMILES string of the molecule is Nc1ncc(-c2sccc2Br)o1. The lowest BCUT2D eigenvalue weighted by atomic mass is 10.4. The lowest BCUT2D eigenvalue weighted by Crippen LogP contribution is -1.79. The molecule has 0 fully saturated rings. The molecule has 0 aromatic carbocycles. The van der Waals surface area contributed by atoms with E-state index >= 15 is 0 Å². The minimum Gasteiger partial charge on any atom is -0.423 e. The number of anilines is 1. The van der Waals surface area contributed by atoms with E-state index in [4.69, 9.17) is 10.2 Å². The standard InChI is InChI=1S/C7H5BrN2OS/c8-4-1-2-12-6(4)5-3-10-7(9)11-5/h1-3H,(H2,9,10). The Balaban J connectivity index is 2.50. The van der Waals surface area contributed by atoms with Crippen LogP contribution in [0.15, 0.2) is 26.5 Å². The van der Waals surface area contributed by atoms with Crippen molar-refractivity contribution in [3.05, 3.63) is 22.1 Å². The third kappa shape index (κ3) is 1.25. The monoisotopic (exact) mass is 244 g/mol. The highest BCUT2D eigenvalue weighted by molar-refractivity contribution is 9.10. The zero-order valence-electron chi connectivity index (χ0n) is 5.95. The number of thiophene rings is 1. The summed E-state index contributed by atoms with van der Waals surface area (Å²) >= 11 is 4.97. The van der Waals surface area contributed by atoms with Gasteiger partial charge in [-0.25, -0.2) is 4.98 Å². The van der Waals surface area contributed by atoms with Gasteiger partial charge in [-0.1, -0.05) is 0 Å². The van der Waals surface area contributed by atoms with Gasteiger partial charge in [0.2, 0.25) is 0 Å². The topological polar surface area (TPSA) is 52.0 Å². The van der Waals surface area contributed by atoms with Crippen LogP contribution < -0.4 is 5.73 Å². The first kappa shape index (κ1) is 7.82. The highest BCUT2D eigenvalue weighted by Crippen LogP contribution is 2.33. The van der Waals surface area contributed by atoms with Crippen molar-refractivity contribution in [2.75, 3.05) is 5.73 Å². The van der Waals surface area contributed by atoms with Crippen LogP contribution in [0, 0.1) is 0 Å². The Kier molecular flexibility index (Phi) is 1.90. The summed E-state index contributed by atoms with van der Waals surface area (Å²) in [7, 11) is 0. The third-order valence-electron chi connectivity index (χ3n) is 1.36. The van der Waals surface area contributed by atoms with Crippen LogP contribution in [-0.4, -0.2) is 4.98 Å². The number of hydrogen-bond donors (Lipinski definition) is 1. The summed E-state index contributed by atoms with van der Waals surface area (Å²) in [6, 6.07) is 2.16. The Morgan fingerprint density at radius 3 is 2.92 bits per heavy atom. The first-order valence-electron chi connectivity index (χ1n) is 3.22. The van der Waals surface area contributed by atoms with E-state index in [0.29, 0.717) is 5.76 Å². The molecular formula is C7H5BrN2OS. The molecule has 0 amide bonds. The van der Waals surface area contributed by atoms with E-state index in [0.717, 1.165) is 9.35 Å². The molecule has 2 aromatic heterocycles. The van der Waals surface area contributed by atoms with Gasteiger partial charge < -0.3 is 10.2 Å². The smallest absolute Gasteiger partial charge is 0.292 e. The van der Waals surface area contributed by atoms with Gasteiger partial charge in [0, 0.05) is 4.47 Å². The van der Waals surface area contributed by atoms with Gasteiger partial charge in [-0.05, 0) is 27.4 Å². The zero-order valence-corrected chi connectivity index (χ0v) is 8.35. The fourth-order valence-corrected chi connectivity index (χ4v) is 2.38. The van der Waals surface area contributed by atoms with Crippen LogP contribution >= 0.6 is 27.3 Å². The average molecular weight is 245 g/mol. The van der Waals surface area contributed by atoms with Crippen molar-refractivity contribution in [2.45, 2.75) is 0 Å². The van der Waals surface area contributed by atoms with E-state index in [2.05, 4.69) is 20.9 Å². The summed E-state index contributed by atoms with van der Waals surface area (Å²) in [5.41, 5.74) is 5.35. The van der Waals surface area contributed by atoms with Crippen LogP contribution in [0.25, 0.3) is 10.6 Å². The number of nitrogen functional groups attached to an aromatic ring is 1. The molecule has 0 aliphatic carbocycles. The maximum Gasteiger partial charge on any atom is 0.292 e. The minimum atomic E-state index is 0.199. The van der Waals surface area contributed by atoms with Crippen molar-refractivity contribution < 1.29 is 4.42 Å². The van der Waals surface area contributed by atoms with Gasteiger partial charge in [-0.15, -0.1) is 11.3 Å². The van der Waals surface area contributed by atoms with Gasteiger partial charge >= 0.3 is 0 Å². The minimum absolute atomic E-state index is 0.199. The molecule has 3 nitrogen and oxygen atoms in total. The Hall–Kier alpha value is -0.810. The number of rotatable bonds is 1. The van der Waals surface area contributed by atoms with Crippen molar-refractivity contribution >= 4 is 33.3 Å². The summed E-state index contributed by atoms with van der Waals surface area (Å²) in [4.78, 5) is 4.82. The Labute approximate surface area is 81.4 Å². The second kappa shape index (κ2) is 2.91. The lowest BCUT2D eigenvalue weighted by molar-refractivity contribution is 0.596. The largest absolute Gasteiger partial charge is 0.423 e. The van der Waals surface area contributed by atoms with Gasteiger partial charge in [0.15, 0.2) is 5.76 Å². The number of halogens is 1. The second-order valence-corrected chi connectivity index (χ2v) is 3.93. The molecule has 0 atom stereocenters. The molecule has 2 aromatic rings. The number of hydrogen-bond acceptors (Lipinski definition) is 4. The number of aromatic nitrogens is 1. The predicted octanol–water partition coefficient (Wildman–Crippen LogP) is 2.75. The van der Waals surface area contributed by atoms with E-state index in [1.807, 2.05) is 11.4 Å². The molecule has 0 saturated heterocycles. The summed E-state index contributed by atoms with van der Waals surface area (Å²) in [6.07, 6.45) is 1.62. The van der Waals surface area contributed by atoms with Crippen LogP contribution in [0.5, 0.6) is 0 Å². The van der Waals surface area contributed by atoms with E-state index in [9.17, 15) is 0 Å². The van der Waals surface area contributed by atoms with Gasteiger partial charge in [0.05, 0.1) is 11.1 Å². The van der Waals surface area contributed by atoms with E-state index in [1.54, 1.807) is 17.5 Å². The first-order chi connectivity index (χ1) is 5.77. The molecule has 2 N–H and O–H groups in total. The summed E-state index contributed by atoms with van der Waals surface area (Å²) in [5, 5.41) is 1.97. The maximum absolute atomic E-state index is 5.35. The molecule has 0 radical (unpaired) electrons. The predicted molar refractivity (Wildman–Crippen MR) is 51.9 cm³/mol. The van der Waals surface area contributed by atoms with Gasteiger partial charge in [0.1, 0.15) is 0 Å². The number of oxazole rings is 1. The van der Waals surface area contributed by atoms with Crippen molar-refractivity contribution in [2.24, 2.45) is 0 Å². The van der Waals surface area contributed by atoms with Gasteiger partial charge in [0.25, 0.3) is 6.01 Å². The second-order valence-electron chi connectivity index (χ2n) is 2.16. The zero-order chi connectivity index (χ0) is 8.55. The van der Waals surface area contributed by atoms with Gasteiger partial charge in [-0.2, -0.15) is 0 Å². The molecule has 2 rings (SSSR count). The number of nitrogens with two attached hydrogens (primary N) is 1. The van der Waals surface area contributed by atoms with Crippen LogP contribution in [0.4, 0.5) is 6.01 Å². The average Bonchev–Trinajstić information content (AvgIpc) is 2.58. The fourth-order valence-electron chi connectivity index (χ4n) is 0.862. The summed E-state index contributed by atoms with van der Waals surface area (Å²) in [6.45, 7) is 0. The van der Waals surface area contributed by atoms with Gasteiger partial charge in [-0.3, -0.25) is 0 Å². The first-order valence-corrected chi connectivity index (χ1v) is 4.89. The maximum atomic E-state index is 5.35. The van der Waals surface area contributed by atoms with Crippen LogP contribution in [-0.2, 0) is 0 Å². The molecule has 12 heavy (non-hydrogen) atoms. The molecule has 0 unspecified atom stereocenters. The van der Waals surface area contributed by atoms with Crippen LogP contribution in [0.2, 0.25) is 0 Å². The van der Waals surface area contributed by atoms with E-state index < -0.39 is 0 Å². The van der Waals surface area contributed by atoms with Crippen molar-refractivity contribution in [3.63, 3.8) is 0 Å². The molecule has 2 heterocycles. The van der Waals surface area contributed by atoms with E-state index in [1.165, 1.54) is 0 Å². The van der Waals surface area contributed by atoms with Crippen molar-refractivity contribution in [1.82, 2.24) is 4.98 Å². The number of nitrogens with zero attached hydrogens (tertiary/aromatic N) is 1. The highest BCUT2D eigenvalue weighted by atomic mass is 79.9. The molecule has 0 spiro atoms. The molecule has 0 bridgehead atoms. The Morgan fingerprint density at radius 1 is 1.58 bits per heavy atom. The van der Waals surface area contributed by atoms with Crippen LogP contribution in [0.1, 0.15) is 0 Å². The molecule has 62 valence electrons. The fraction of sp³-hybridized carbons (Fsp3) is 0. The quantitative estimate of drug-likeness (QED) is 0.840. The summed E-state index contributed by atoms with van der Waals surface area (Å²) in [5.74, 6) is 0.703. The van der Waals surface area contributed by atoms with Crippen molar-refractivity contribution in [1.29, 1.82) is 0 Å². The molecule has 0 aliphatic rings. The van der Waals surface area contributed by atoms with E-state index in [-0.39, 0.29) is 6.01 Å². The molecule has 0 saturated carbocycles. The molecular weight excluding hydrogens is 240 g/mol. The lowest BCUT2D eigenvalue weighted by Gasteiger charge is -1.89. The summed E-state index contributed by atoms with van der Waals surface area (Å²) < 4.78 is 6.16. The van der Waals surface area contributed by atoms with Crippen LogP contribution in [0.3, 0.4) is 0 Å².